The largest absolute Gasteiger partial charge is 0.495 e. The Bertz CT molecular complexity index is 1260. The van der Waals surface area contributed by atoms with Crippen molar-refractivity contribution in [2.75, 3.05) is 23.3 Å². The monoisotopic (exact) mass is 466 g/mol. The Morgan fingerprint density at radius 2 is 1.42 bits per heavy atom. The number of amides is 1. The predicted molar refractivity (Wildman–Crippen MR) is 133 cm³/mol. The van der Waals surface area contributed by atoms with Crippen LogP contribution >= 0.6 is 0 Å². The highest BCUT2D eigenvalue weighted by atomic mass is 32.2. The van der Waals surface area contributed by atoms with Crippen LogP contribution < -0.4 is 14.4 Å². The molecule has 0 aliphatic carbocycles. The van der Waals surface area contributed by atoms with Crippen LogP contribution in [0.1, 0.15) is 27.8 Å². The lowest BCUT2D eigenvalue weighted by atomic mass is 10.1. The quantitative estimate of drug-likeness (QED) is 0.527. The van der Waals surface area contributed by atoms with Crippen molar-refractivity contribution in [3.05, 3.63) is 82.4 Å². The number of hydrogen-bond donors (Lipinski definition) is 1. The first-order valence-electron chi connectivity index (χ1n) is 10.6. The van der Waals surface area contributed by atoms with Gasteiger partial charge in [0.05, 0.1) is 12.8 Å². The molecule has 1 amide bonds. The second-order valence-electron chi connectivity index (χ2n) is 8.32. The molecule has 0 bridgehead atoms. The van der Waals surface area contributed by atoms with Crippen molar-refractivity contribution in [2.45, 2.75) is 39.5 Å². The summed E-state index contributed by atoms with van der Waals surface area (Å²) in [5, 5.41) is 2.90. The highest BCUT2D eigenvalue weighted by Gasteiger charge is 2.30. The van der Waals surface area contributed by atoms with Gasteiger partial charge in [0.25, 0.3) is 10.0 Å². The van der Waals surface area contributed by atoms with Crippen molar-refractivity contribution in [3.8, 4) is 5.75 Å². The molecule has 1 N–H and O–H groups in total. The zero-order chi connectivity index (χ0) is 24.3. The van der Waals surface area contributed by atoms with Crippen LogP contribution in [0.25, 0.3) is 0 Å². The van der Waals surface area contributed by atoms with Gasteiger partial charge in [-0.2, -0.15) is 0 Å². The van der Waals surface area contributed by atoms with Gasteiger partial charge in [-0.25, -0.2) is 8.42 Å². The van der Waals surface area contributed by atoms with Crippen molar-refractivity contribution >= 4 is 27.3 Å². The highest BCUT2D eigenvalue weighted by molar-refractivity contribution is 7.93. The molecule has 3 aromatic rings. The van der Waals surface area contributed by atoms with Crippen LogP contribution in [0.2, 0.25) is 0 Å². The molecule has 7 heteroatoms. The minimum Gasteiger partial charge on any atom is -0.495 e. The topological polar surface area (TPSA) is 75.7 Å². The molecule has 3 aromatic carbocycles. The third-order valence-corrected chi connectivity index (χ3v) is 7.23. The number of hydrogen-bond acceptors (Lipinski definition) is 4. The summed E-state index contributed by atoms with van der Waals surface area (Å²) < 4.78 is 34.0. The SMILES string of the molecule is COc1ccc(C)cc1S(=O)(=O)N(CC(=O)Nc1c(C)cc(C)cc1C)c1ccc(C)cc1. The third-order valence-electron chi connectivity index (χ3n) is 5.44. The second-order valence-corrected chi connectivity index (χ2v) is 10.2. The molecule has 0 fully saturated rings. The number of methoxy groups -OCH3 is 1. The molecule has 174 valence electrons. The zero-order valence-electron chi connectivity index (χ0n) is 19.9. The number of sulfonamides is 1. The average molecular weight is 467 g/mol. The van der Waals surface area contributed by atoms with Gasteiger partial charge in [-0.3, -0.25) is 9.10 Å². The number of ether oxygens (including phenoxy) is 1. The number of benzene rings is 3. The summed E-state index contributed by atoms with van der Waals surface area (Å²) in [5.41, 5.74) is 5.79. The maximum absolute atomic E-state index is 13.8. The summed E-state index contributed by atoms with van der Waals surface area (Å²) in [6.45, 7) is 9.18. The molecule has 0 unspecified atom stereocenters. The summed E-state index contributed by atoms with van der Waals surface area (Å²) in [7, 11) is -2.67. The molecule has 0 saturated carbocycles. The fourth-order valence-electron chi connectivity index (χ4n) is 3.82. The van der Waals surface area contributed by atoms with Crippen molar-refractivity contribution < 1.29 is 17.9 Å². The van der Waals surface area contributed by atoms with Gasteiger partial charge < -0.3 is 10.1 Å². The number of rotatable bonds is 7. The maximum Gasteiger partial charge on any atom is 0.268 e. The summed E-state index contributed by atoms with van der Waals surface area (Å²) >= 11 is 0. The summed E-state index contributed by atoms with van der Waals surface area (Å²) in [4.78, 5) is 13.1. The molecule has 0 atom stereocenters. The van der Waals surface area contributed by atoms with E-state index in [0.29, 0.717) is 11.4 Å². The van der Waals surface area contributed by atoms with E-state index in [9.17, 15) is 13.2 Å². The molecule has 0 spiro atoms. The van der Waals surface area contributed by atoms with E-state index >= 15 is 0 Å². The van der Waals surface area contributed by atoms with Gasteiger partial charge in [-0.15, -0.1) is 0 Å². The highest BCUT2D eigenvalue weighted by Crippen LogP contribution is 2.31. The average Bonchev–Trinajstić information content (AvgIpc) is 2.75. The van der Waals surface area contributed by atoms with Crippen molar-refractivity contribution in [1.82, 2.24) is 0 Å². The molecular formula is C26H30N2O4S. The van der Waals surface area contributed by atoms with Crippen LogP contribution in [-0.4, -0.2) is 28.0 Å². The molecule has 33 heavy (non-hydrogen) atoms. The van der Waals surface area contributed by atoms with E-state index in [0.717, 1.165) is 32.1 Å². The fraction of sp³-hybridized carbons (Fsp3) is 0.269. The van der Waals surface area contributed by atoms with Crippen LogP contribution in [0.3, 0.4) is 0 Å². The standard InChI is InChI=1S/C26H30N2O4S/c1-17-7-10-22(11-8-17)28(33(30,31)24-15-18(2)9-12-23(24)32-6)16-25(29)27-26-20(4)13-19(3)14-21(26)5/h7-15H,16H2,1-6H3,(H,27,29). The van der Waals surface area contributed by atoms with E-state index in [1.54, 1.807) is 30.3 Å². The van der Waals surface area contributed by atoms with Gasteiger partial charge in [0.1, 0.15) is 17.2 Å². The molecule has 0 aromatic heterocycles. The van der Waals surface area contributed by atoms with Crippen LogP contribution in [0.15, 0.2) is 59.5 Å². The van der Waals surface area contributed by atoms with Gasteiger partial charge >= 0.3 is 0 Å². The van der Waals surface area contributed by atoms with Crippen LogP contribution in [0.4, 0.5) is 11.4 Å². The van der Waals surface area contributed by atoms with Gasteiger partial charge in [0, 0.05) is 5.69 Å². The third kappa shape index (κ3) is 5.37. The van der Waals surface area contributed by atoms with E-state index in [1.807, 2.05) is 58.9 Å². The number of carbonyl (C=O) groups is 1. The Hall–Kier alpha value is -3.32. The summed E-state index contributed by atoms with van der Waals surface area (Å²) in [6, 6.07) is 16.0. The van der Waals surface area contributed by atoms with Gasteiger partial charge in [0.2, 0.25) is 5.91 Å². The Kier molecular flexibility index (Phi) is 7.12. The minimum atomic E-state index is -4.10. The van der Waals surface area contributed by atoms with Crippen LogP contribution in [0, 0.1) is 34.6 Å². The van der Waals surface area contributed by atoms with Crippen molar-refractivity contribution in [2.24, 2.45) is 0 Å². The second kappa shape index (κ2) is 9.67. The Labute approximate surface area is 196 Å². The Morgan fingerprint density at radius 3 is 2.00 bits per heavy atom. The van der Waals surface area contributed by atoms with E-state index in [-0.39, 0.29) is 17.2 Å². The van der Waals surface area contributed by atoms with Crippen molar-refractivity contribution in [3.63, 3.8) is 0 Å². The van der Waals surface area contributed by atoms with Gasteiger partial charge in [-0.1, -0.05) is 41.5 Å². The number of nitrogens with one attached hydrogen (secondary N) is 1. The van der Waals surface area contributed by atoms with E-state index in [2.05, 4.69) is 5.32 Å². The molecule has 0 heterocycles. The number of nitrogens with zero attached hydrogens (tertiary/aromatic N) is 1. The lowest BCUT2D eigenvalue weighted by Gasteiger charge is -2.25. The zero-order valence-corrected chi connectivity index (χ0v) is 20.7. The van der Waals surface area contributed by atoms with E-state index in [4.69, 9.17) is 4.74 Å². The fourth-order valence-corrected chi connectivity index (χ4v) is 5.48. The molecule has 6 nitrogen and oxygen atoms in total. The number of aryl methyl sites for hydroxylation is 5. The Balaban J connectivity index is 2.04. The first-order valence-corrected chi connectivity index (χ1v) is 12.1. The van der Waals surface area contributed by atoms with E-state index < -0.39 is 15.9 Å². The molecule has 0 radical (unpaired) electrons. The smallest absolute Gasteiger partial charge is 0.268 e. The lowest BCUT2D eigenvalue weighted by molar-refractivity contribution is -0.114. The molecule has 0 saturated heterocycles. The number of anilines is 2. The Morgan fingerprint density at radius 1 is 0.848 bits per heavy atom. The summed E-state index contributed by atoms with van der Waals surface area (Å²) in [6.07, 6.45) is 0. The number of carbonyl (C=O) groups excluding carboxylic acids is 1. The molecule has 0 aliphatic rings. The lowest BCUT2D eigenvalue weighted by Crippen LogP contribution is -2.38. The molecule has 0 aliphatic heterocycles. The van der Waals surface area contributed by atoms with Crippen LogP contribution in [-0.2, 0) is 14.8 Å². The summed E-state index contributed by atoms with van der Waals surface area (Å²) in [5.74, 6) is -0.204. The maximum atomic E-state index is 13.8. The molecule has 3 rings (SSSR count). The first-order chi connectivity index (χ1) is 15.5. The van der Waals surface area contributed by atoms with Gasteiger partial charge in [-0.05, 0) is 75.6 Å². The van der Waals surface area contributed by atoms with Crippen LogP contribution in [0.5, 0.6) is 5.75 Å². The first kappa shape index (κ1) is 24.3. The normalized spacial score (nSPS) is 11.2. The molecular weight excluding hydrogens is 436 g/mol. The van der Waals surface area contributed by atoms with E-state index in [1.165, 1.54) is 7.11 Å². The van der Waals surface area contributed by atoms with Crippen molar-refractivity contribution in [1.29, 1.82) is 0 Å². The van der Waals surface area contributed by atoms with Gasteiger partial charge in [0.15, 0.2) is 0 Å². The minimum absolute atomic E-state index is 0.0149. The predicted octanol–water partition coefficient (Wildman–Crippen LogP) is 5.07.